The van der Waals surface area contributed by atoms with E-state index >= 15 is 0 Å². The largest absolute Gasteiger partial charge is 0.360 e. The van der Waals surface area contributed by atoms with E-state index < -0.39 is 0 Å². The molecule has 0 aromatic carbocycles. The van der Waals surface area contributed by atoms with Crippen molar-refractivity contribution in [3.8, 4) is 0 Å². The van der Waals surface area contributed by atoms with Crippen molar-refractivity contribution in [3.05, 3.63) is 38.9 Å². The van der Waals surface area contributed by atoms with Gasteiger partial charge in [-0.15, -0.1) is 11.3 Å². The summed E-state index contributed by atoms with van der Waals surface area (Å²) in [6, 6.07) is 6.11. The maximum Gasteiger partial charge on any atom is 0.150 e. The molecular formula is C14H18ClN3OS. The first-order chi connectivity index (χ1) is 9.69. The van der Waals surface area contributed by atoms with E-state index in [1.165, 1.54) is 4.88 Å². The molecule has 6 heteroatoms. The average molecular weight is 312 g/mol. The summed E-state index contributed by atoms with van der Waals surface area (Å²) in [5.41, 5.74) is 0.952. The fourth-order valence-electron chi connectivity index (χ4n) is 2.47. The number of nitrogens with zero attached hydrogens (tertiary/aromatic N) is 3. The summed E-state index contributed by atoms with van der Waals surface area (Å²) in [6.45, 7) is 8.13. The van der Waals surface area contributed by atoms with Crippen LogP contribution >= 0.6 is 22.9 Å². The van der Waals surface area contributed by atoms with Gasteiger partial charge in [-0.3, -0.25) is 9.80 Å². The Balaban J connectivity index is 1.47. The van der Waals surface area contributed by atoms with Gasteiger partial charge in [0.05, 0.1) is 16.6 Å². The Bertz CT molecular complexity index is 510. The van der Waals surface area contributed by atoms with Gasteiger partial charge in [0.2, 0.25) is 0 Å². The first kappa shape index (κ1) is 14.1. The molecule has 0 aliphatic carbocycles. The summed E-state index contributed by atoms with van der Waals surface area (Å²) < 4.78 is 6.15. The van der Waals surface area contributed by atoms with E-state index in [0.717, 1.165) is 55.1 Å². The first-order valence-electron chi connectivity index (χ1n) is 6.80. The van der Waals surface area contributed by atoms with Crippen molar-refractivity contribution >= 4 is 22.9 Å². The van der Waals surface area contributed by atoms with Gasteiger partial charge in [0.15, 0.2) is 5.76 Å². The number of hydrogen-bond acceptors (Lipinski definition) is 5. The summed E-state index contributed by atoms with van der Waals surface area (Å²) in [7, 11) is 0. The molecule has 108 valence electrons. The standard InChI is InChI=1S/C14H18ClN3OS/c1-11-8-12(19-16-11)9-17-4-6-18(7-5-17)10-13-2-3-14(15)20-13/h2-3,8H,4-7,9-10H2,1H3. The van der Waals surface area contributed by atoms with Crippen molar-refractivity contribution < 1.29 is 4.52 Å². The van der Waals surface area contributed by atoms with Crippen LogP contribution < -0.4 is 0 Å². The number of piperazine rings is 1. The molecule has 20 heavy (non-hydrogen) atoms. The molecule has 0 amide bonds. The van der Waals surface area contributed by atoms with E-state index in [4.69, 9.17) is 16.1 Å². The van der Waals surface area contributed by atoms with E-state index in [-0.39, 0.29) is 0 Å². The third kappa shape index (κ3) is 3.61. The average Bonchev–Trinajstić information content (AvgIpc) is 3.01. The van der Waals surface area contributed by atoms with Gasteiger partial charge in [0, 0.05) is 43.7 Å². The van der Waals surface area contributed by atoms with Crippen LogP contribution in [0.15, 0.2) is 22.7 Å². The minimum atomic E-state index is 0.861. The Labute approximate surface area is 127 Å². The summed E-state index contributed by atoms with van der Waals surface area (Å²) in [4.78, 5) is 6.23. The van der Waals surface area contributed by atoms with Crippen LogP contribution in [0.4, 0.5) is 0 Å². The van der Waals surface area contributed by atoms with Crippen molar-refractivity contribution in [1.29, 1.82) is 0 Å². The first-order valence-corrected chi connectivity index (χ1v) is 7.99. The van der Waals surface area contributed by atoms with E-state index in [9.17, 15) is 0 Å². The van der Waals surface area contributed by atoms with Crippen LogP contribution in [0.1, 0.15) is 16.3 Å². The molecule has 0 unspecified atom stereocenters. The lowest BCUT2D eigenvalue weighted by atomic mass is 10.2. The Morgan fingerprint density at radius 2 is 1.90 bits per heavy atom. The van der Waals surface area contributed by atoms with E-state index in [1.807, 2.05) is 19.1 Å². The fraction of sp³-hybridized carbons (Fsp3) is 0.500. The van der Waals surface area contributed by atoms with Gasteiger partial charge in [-0.05, 0) is 19.1 Å². The van der Waals surface area contributed by atoms with Gasteiger partial charge in [-0.25, -0.2) is 0 Å². The molecule has 4 nitrogen and oxygen atoms in total. The molecule has 0 atom stereocenters. The third-order valence-electron chi connectivity index (χ3n) is 3.53. The van der Waals surface area contributed by atoms with Crippen LogP contribution in [0.5, 0.6) is 0 Å². The molecular weight excluding hydrogens is 294 g/mol. The molecule has 0 N–H and O–H groups in total. The quantitative estimate of drug-likeness (QED) is 0.869. The smallest absolute Gasteiger partial charge is 0.150 e. The molecule has 0 spiro atoms. The lowest BCUT2D eigenvalue weighted by Crippen LogP contribution is -2.45. The molecule has 0 bridgehead atoms. The molecule has 1 aliphatic heterocycles. The normalized spacial score (nSPS) is 17.7. The second kappa shape index (κ2) is 6.26. The summed E-state index contributed by atoms with van der Waals surface area (Å²) in [6.07, 6.45) is 0. The van der Waals surface area contributed by atoms with E-state index in [2.05, 4.69) is 21.0 Å². The second-order valence-corrected chi connectivity index (χ2v) is 6.99. The Kier molecular flexibility index (Phi) is 4.41. The summed E-state index contributed by atoms with van der Waals surface area (Å²) >= 11 is 7.64. The van der Waals surface area contributed by atoms with E-state index in [0.29, 0.717) is 0 Å². The van der Waals surface area contributed by atoms with Crippen molar-refractivity contribution in [1.82, 2.24) is 15.0 Å². The number of hydrogen-bond donors (Lipinski definition) is 0. The molecule has 1 saturated heterocycles. The van der Waals surface area contributed by atoms with Gasteiger partial charge in [0.25, 0.3) is 0 Å². The van der Waals surface area contributed by atoms with Crippen LogP contribution in [-0.4, -0.2) is 41.1 Å². The number of rotatable bonds is 4. The highest BCUT2D eigenvalue weighted by Gasteiger charge is 2.18. The van der Waals surface area contributed by atoms with Crippen LogP contribution in [0.2, 0.25) is 4.34 Å². The van der Waals surface area contributed by atoms with Gasteiger partial charge in [-0.2, -0.15) is 0 Å². The number of halogens is 1. The highest BCUT2D eigenvalue weighted by molar-refractivity contribution is 7.16. The Morgan fingerprint density at radius 1 is 1.20 bits per heavy atom. The van der Waals surface area contributed by atoms with Gasteiger partial charge in [0.1, 0.15) is 0 Å². The van der Waals surface area contributed by atoms with Crippen LogP contribution in [0, 0.1) is 6.92 Å². The molecule has 1 fully saturated rings. The second-order valence-electron chi connectivity index (χ2n) is 5.19. The van der Waals surface area contributed by atoms with Crippen molar-refractivity contribution in [3.63, 3.8) is 0 Å². The highest BCUT2D eigenvalue weighted by atomic mass is 35.5. The molecule has 2 aromatic heterocycles. The van der Waals surface area contributed by atoms with Crippen molar-refractivity contribution in [2.45, 2.75) is 20.0 Å². The van der Waals surface area contributed by atoms with E-state index in [1.54, 1.807) is 11.3 Å². The number of thiophene rings is 1. The zero-order valence-electron chi connectivity index (χ0n) is 11.5. The molecule has 0 saturated carbocycles. The maximum absolute atomic E-state index is 5.97. The predicted octanol–water partition coefficient (Wildman–Crippen LogP) is 3.02. The van der Waals surface area contributed by atoms with Crippen molar-refractivity contribution in [2.24, 2.45) is 0 Å². The minimum absolute atomic E-state index is 0.861. The van der Waals surface area contributed by atoms with Crippen LogP contribution in [0.25, 0.3) is 0 Å². The van der Waals surface area contributed by atoms with Gasteiger partial charge in [-0.1, -0.05) is 16.8 Å². The Hall–Kier alpha value is -0.880. The minimum Gasteiger partial charge on any atom is -0.360 e. The SMILES string of the molecule is Cc1cc(CN2CCN(Cc3ccc(Cl)s3)CC2)on1. The molecule has 3 heterocycles. The molecule has 0 radical (unpaired) electrons. The lowest BCUT2D eigenvalue weighted by molar-refractivity contribution is 0.114. The van der Waals surface area contributed by atoms with Crippen LogP contribution in [0.3, 0.4) is 0 Å². The summed E-state index contributed by atoms with van der Waals surface area (Å²) in [5.74, 6) is 0.959. The molecule has 1 aliphatic rings. The highest BCUT2D eigenvalue weighted by Crippen LogP contribution is 2.23. The van der Waals surface area contributed by atoms with Gasteiger partial charge >= 0.3 is 0 Å². The summed E-state index contributed by atoms with van der Waals surface area (Å²) in [5, 5.41) is 3.93. The number of aromatic nitrogens is 1. The molecule has 3 rings (SSSR count). The maximum atomic E-state index is 5.97. The lowest BCUT2D eigenvalue weighted by Gasteiger charge is -2.33. The molecule has 2 aromatic rings. The monoisotopic (exact) mass is 311 g/mol. The Morgan fingerprint density at radius 3 is 2.45 bits per heavy atom. The topological polar surface area (TPSA) is 32.5 Å². The van der Waals surface area contributed by atoms with Crippen LogP contribution in [-0.2, 0) is 13.1 Å². The number of aryl methyl sites for hydroxylation is 1. The van der Waals surface area contributed by atoms with Gasteiger partial charge < -0.3 is 4.52 Å². The van der Waals surface area contributed by atoms with Crippen molar-refractivity contribution in [2.75, 3.05) is 26.2 Å². The third-order valence-corrected chi connectivity index (χ3v) is 4.75. The zero-order chi connectivity index (χ0) is 13.9. The fourth-order valence-corrected chi connectivity index (χ4v) is 3.60. The predicted molar refractivity (Wildman–Crippen MR) is 81.1 cm³/mol. The zero-order valence-corrected chi connectivity index (χ0v) is 13.1.